The molecule has 0 saturated carbocycles. The van der Waals surface area contributed by atoms with Crippen molar-refractivity contribution in [2.75, 3.05) is 5.32 Å². The first kappa shape index (κ1) is 20.9. The average Bonchev–Trinajstić information content (AvgIpc) is 2.57. The number of nitrogens with zero attached hydrogens (tertiary/aromatic N) is 1. The molecule has 7 heteroatoms. The second-order valence-electron chi connectivity index (χ2n) is 7.02. The summed E-state index contributed by atoms with van der Waals surface area (Å²) in [4.78, 5) is 23.7. The van der Waals surface area contributed by atoms with Crippen LogP contribution in [0.3, 0.4) is 0 Å². The quantitative estimate of drug-likeness (QED) is 0.427. The predicted molar refractivity (Wildman–Crippen MR) is 111 cm³/mol. The van der Waals surface area contributed by atoms with Crippen molar-refractivity contribution in [2.45, 2.75) is 32.6 Å². The van der Waals surface area contributed by atoms with Gasteiger partial charge in [-0.25, -0.2) is 5.43 Å². The van der Waals surface area contributed by atoms with Gasteiger partial charge >= 0.3 is 0 Å². The summed E-state index contributed by atoms with van der Waals surface area (Å²) in [6.07, 6.45) is 1.17. The van der Waals surface area contributed by atoms with Crippen LogP contribution in [0.1, 0.15) is 38.3 Å². The lowest BCUT2D eigenvalue weighted by Gasteiger charge is -2.18. The fourth-order valence-corrected chi connectivity index (χ4v) is 2.51. The monoisotopic (exact) mass is 405 g/mol. The van der Waals surface area contributed by atoms with Crippen LogP contribution in [0.2, 0.25) is 10.0 Å². The molecule has 5 nitrogen and oxygen atoms in total. The molecule has 0 unspecified atom stereocenters. The molecule has 142 valence electrons. The van der Waals surface area contributed by atoms with Crippen molar-refractivity contribution in [1.82, 2.24) is 5.43 Å². The van der Waals surface area contributed by atoms with E-state index in [4.69, 9.17) is 23.2 Å². The van der Waals surface area contributed by atoms with Crippen molar-refractivity contribution in [3.05, 3.63) is 63.6 Å². The van der Waals surface area contributed by atoms with Crippen LogP contribution in [0.5, 0.6) is 0 Å². The van der Waals surface area contributed by atoms with Gasteiger partial charge in [-0.05, 0) is 34.7 Å². The van der Waals surface area contributed by atoms with E-state index < -0.39 is 11.8 Å². The van der Waals surface area contributed by atoms with Crippen LogP contribution in [-0.4, -0.2) is 18.0 Å². The molecule has 0 aliphatic rings. The van der Waals surface area contributed by atoms with E-state index in [1.165, 1.54) is 17.8 Å². The Morgan fingerprint density at radius 2 is 1.67 bits per heavy atom. The van der Waals surface area contributed by atoms with Gasteiger partial charge in [0.1, 0.15) is 6.42 Å². The molecule has 0 aliphatic heterocycles. The number of nitrogens with one attached hydrogen (secondary N) is 2. The molecule has 2 amide bonds. The molecule has 27 heavy (non-hydrogen) atoms. The topological polar surface area (TPSA) is 70.6 Å². The van der Waals surface area contributed by atoms with E-state index in [9.17, 15) is 9.59 Å². The van der Waals surface area contributed by atoms with Crippen LogP contribution in [0.4, 0.5) is 5.69 Å². The number of amides is 2. The molecule has 2 rings (SSSR count). The Kier molecular flexibility index (Phi) is 6.99. The molecule has 0 atom stereocenters. The van der Waals surface area contributed by atoms with Gasteiger partial charge in [-0.15, -0.1) is 0 Å². The van der Waals surface area contributed by atoms with Gasteiger partial charge in [0.25, 0.3) is 0 Å². The summed E-state index contributed by atoms with van der Waals surface area (Å²) in [5.41, 5.74) is 4.93. The van der Waals surface area contributed by atoms with Crippen LogP contribution in [0, 0.1) is 0 Å². The number of halogens is 2. The molecular weight excluding hydrogens is 385 g/mol. The van der Waals surface area contributed by atoms with Gasteiger partial charge in [-0.1, -0.05) is 68.2 Å². The third-order valence-electron chi connectivity index (χ3n) is 3.70. The Morgan fingerprint density at radius 1 is 1.00 bits per heavy atom. The molecule has 2 N–H and O–H groups in total. The van der Waals surface area contributed by atoms with E-state index in [-0.39, 0.29) is 11.8 Å². The zero-order chi connectivity index (χ0) is 20.0. The smallest absolute Gasteiger partial charge is 0.249 e. The van der Waals surface area contributed by atoms with Crippen LogP contribution in [0.25, 0.3) is 0 Å². The third kappa shape index (κ3) is 6.70. The molecular formula is C20H21Cl2N3O2. The van der Waals surface area contributed by atoms with Crippen LogP contribution < -0.4 is 10.7 Å². The lowest BCUT2D eigenvalue weighted by Crippen LogP contribution is -2.24. The van der Waals surface area contributed by atoms with Gasteiger partial charge in [0.05, 0.1) is 16.3 Å². The number of anilines is 1. The summed E-state index contributed by atoms with van der Waals surface area (Å²) >= 11 is 11.7. The van der Waals surface area contributed by atoms with Gasteiger partial charge < -0.3 is 5.32 Å². The maximum Gasteiger partial charge on any atom is 0.249 e. The molecule has 0 spiro atoms. The third-order valence-corrected chi connectivity index (χ3v) is 4.44. The summed E-state index contributed by atoms with van der Waals surface area (Å²) in [5.74, 6) is -0.995. The van der Waals surface area contributed by atoms with Crippen LogP contribution in [-0.2, 0) is 15.0 Å². The second-order valence-corrected chi connectivity index (χ2v) is 7.83. The largest absolute Gasteiger partial charge is 0.326 e. The number of benzene rings is 2. The minimum absolute atomic E-state index is 0.0750. The first-order valence-electron chi connectivity index (χ1n) is 8.32. The highest BCUT2D eigenvalue weighted by Gasteiger charge is 2.12. The maximum atomic E-state index is 11.9. The van der Waals surface area contributed by atoms with E-state index in [2.05, 4.69) is 36.6 Å². The number of hydrogen-bond acceptors (Lipinski definition) is 3. The van der Waals surface area contributed by atoms with Crippen LogP contribution >= 0.6 is 23.2 Å². The Morgan fingerprint density at radius 3 is 2.26 bits per heavy atom. The standard InChI is InChI=1S/C20H21Cl2N3O2/c1-20(2,3)14-6-4-13(5-7-14)12-23-25-19(27)11-18(26)24-15-8-9-16(21)17(22)10-15/h4-10,12H,11H2,1-3H3,(H,24,26)(H,25,27). The highest BCUT2D eigenvalue weighted by molar-refractivity contribution is 6.42. The average molecular weight is 406 g/mol. The second kappa shape index (κ2) is 9.02. The van der Waals surface area contributed by atoms with Crippen molar-refractivity contribution in [1.29, 1.82) is 0 Å². The van der Waals surface area contributed by atoms with Crippen LogP contribution in [0.15, 0.2) is 47.6 Å². The van der Waals surface area contributed by atoms with Gasteiger partial charge in [0.15, 0.2) is 0 Å². The molecule has 2 aromatic rings. The van der Waals surface area contributed by atoms with E-state index in [1.54, 1.807) is 12.1 Å². The van der Waals surface area contributed by atoms with E-state index >= 15 is 0 Å². The Balaban J connectivity index is 1.83. The molecule has 0 radical (unpaired) electrons. The first-order chi connectivity index (χ1) is 12.6. The van der Waals surface area contributed by atoms with Crippen molar-refractivity contribution >= 4 is 46.9 Å². The van der Waals surface area contributed by atoms with Crippen molar-refractivity contribution in [2.24, 2.45) is 5.10 Å². The Labute approximate surface area is 168 Å². The lowest BCUT2D eigenvalue weighted by molar-refractivity contribution is -0.126. The van der Waals surface area contributed by atoms with Gasteiger partial charge in [0, 0.05) is 5.69 Å². The molecule has 0 heterocycles. The number of rotatable bonds is 5. The van der Waals surface area contributed by atoms with E-state index in [0.717, 1.165) is 5.56 Å². The molecule has 0 saturated heterocycles. The van der Waals surface area contributed by atoms with E-state index in [1.807, 2.05) is 24.3 Å². The van der Waals surface area contributed by atoms with E-state index in [0.29, 0.717) is 15.7 Å². The first-order valence-corrected chi connectivity index (χ1v) is 9.08. The highest BCUT2D eigenvalue weighted by Crippen LogP contribution is 2.25. The summed E-state index contributed by atoms with van der Waals surface area (Å²) in [7, 11) is 0. The van der Waals surface area contributed by atoms with Crippen molar-refractivity contribution < 1.29 is 9.59 Å². The maximum absolute atomic E-state index is 11.9. The minimum atomic E-state index is -0.518. The fourth-order valence-electron chi connectivity index (χ4n) is 2.21. The normalized spacial score (nSPS) is 11.4. The molecule has 0 aliphatic carbocycles. The Bertz CT molecular complexity index is 857. The summed E-state index contributed by atoms with van der Waals surface area (Å²) < 4.78 is 0. The molecule has 0 fully saturated rings. The lowest BCUT2D eigenvalue weighted by atomic mass is 9.87. The zero-order valence-corrected chi connectivity index (χ0v) is 16.9. The SMILES string of the molecule is CC(C)(C)c1ccc(C=NNC(=O)CC(=O)Nc2ccc(Cl)c(Cl)c2)cc1. The predicted octanol–water partition coefficient (Wildman–Crippen LogP) is 4.77. The minimum Gasteiger partial charge on any atom is -0.326 e. The van der Waals surface area contributed by atoms with Gasteiger partial charge in [0.2, 0.25) is 11.8 Å². The van der Waals surface area contributed by atoms with Crippen molar-refractivity contribution in [3.63, 3.8) is 0 Å². The van der Waals surface area contributed by atoms with Crippen molar-refractivity contribution in [3.8, 4) is 0 Å². The number of hydrogen-bond donors (Lipinski definition) is 2. The number of carbonyl (C=O) groups is 2. The van der Waals surface area contributed by atoms with Gasteiger partial charge in [-0.2, -0.15) is 5.10 Å². The molecule has 2 aromatic carbocycles. The molecule has 0 aromatic heterocycles. The Hall–Kier alpha value is -2.37. The zero-order valence-electron chi connectivity index (χ0n) is 15.3. The summed E-state index contributed by atoms with van der Waals surface area (Å²) in [5, 5.41) is 7.16. The summed E-state index contributed by atoms with van der Waals surface area (Å²) in [6, 6.07) is 12.6. The highest BCUT2D eigenvalue weighted by atomic mass is 35.5. The van der Waals surface area contributed by atoms with Gasteiger partial charge in [-0.3, -0.25) is 9.59 Å². The number of carbonyl (C=O) groups excluding carboxylic acids is 2. The number of hydrazone groups is 1. The molecule has 0 bridgehead atoms. The fraction of sp³-hybridized carbons (Fsp3) is 0.250. The summed E-state index contributed by atoms with van der Waals surface area (Å²) in [6.45, 7) is 6.41.